The van der Waals surface area contributed by atoms with Crippen molar-refractivity contribution in [2.75, 3.05) is 36.9 Å². The van der Waals surface area contributed by atoms with Gasteiger partial charge >= 0.3 is 0 Å². The Hall–Kier alpha value is -1.96. The molecule has 8 heteroatoms. The molecule has 1 aromatic heterocycles. The van der Waals surface area contributed by atoms with E-state index in [2.05, 4.69) is 10.3 Å². The minimum Gasteiger partial charge on any atom is -0.381 e. The second-order valence-corrected chi connectivity index (χ2v) is 4.74. The molecule has 2 rings (SSSR count). The molecular weight excluding hydrogens is 282 g/mol. The number of anilines is 2. The van der Waals surface area contributed by atoms with E-state index in [1.165, 1.54) is 4.90 Å². The molecule has 116 valence electrons. The minimum atomic E-state index is -0.920. The van der Waals surface area contributed by atoms with Crippen LogP contribution in [0.5, 0.6) is 0 Å². The molecule has 0 saturated carbocycles. The van der Waals surface area contributed by atoms with E-state index in [1.807, 2.05) is 6.92 Å². The van der Waals surface area contributed by atoms with Crippen LogP contribution < -0.4 is 16.0 Å². The summed E-state index contributed by atoms with van der Waals surface area (Å²) in [6.45, 7) is 3.17. The first-order chi connectivity index (χ1) is 10.0. The lowest BCUT2D eigenvalue weighted by atomic mass is 10.2. The van der Waals surface area contributed by atoms with Gasteiger partial charge in [-0.05, 0) is 6.42 Å². The zero-order chi connectivity index (χ0) is 15.4. The van der Waals surface area contributed by atoms with Crippen molar-refractivity contribution in [2.24, 2.45) is 0 Å². The Balaban J connectivity index is 2.26. The van der Waals surface area contributed by atoms with Crippen molar-refractivity contribution >= 4 is 17.5 Å². The number of pyridine rings is 1. The van der Waals surface area contributed by atoms with Crippen LogP contribution in [0.4, 0.5) is 20.4 Å². The SMILES string of the molecule is CCCNC(=O)C1COCCN1c1nc(N)c(F)cc1F. The average Bonchev–Trinajstić information content (AvgIpc) is 2.48. The van der Waals surface area contributed by atoms with Crippen LogP contribution in [0.15, 0.2) is 6.07 Å². The fourth-order valence-electron chi connectivity index (χ4n) is 2.11. The van der Waals surface area contributed by atoms with Gasteiger partial charge in [0.1, 0.15) is 6.04 Å². The number of nitrogens with zero attached hydrogens (tertiary/aromatic N) is 2. The summed E-state index contributed by atoms with van der Waals surface area (Å²) in [6, 6.07) is -0.0362. The van der Waals surface area contributed by atoms with E-state index in [0.717, 1.165) is 6.42 Å². The molecule has 0 bridgehead atoms. The molecular formula is C13H18F2N4O2. The molecule has 0 aliphatic carbocycles. The number of ether oxygens (including phenoxy) is 1. The topological polar surface area (TPSA) is 80.5 Å². The van der Waals surface area contributed by atoms with Crippen molar-refractivity contribution in [1.29, 1.82) is 0 Å². The highest BCUT2D eigenvalue weighted by atomic mass is 19.1. The first kappa shape index (κ1) is 15.4. The highest BCUT2D eigenvalue weighted by Gasteiger charge is 2.32. The third kappa shape index (κ3) is 3.38. The lowest BCUT2D eigenvalue weighted by Crippen LogP contribution is -2.54. The monoisotopic (exact) mass is 300 g/mol. The zero-order valence-electron chi connectivity index (χ0n) is 11.7. The van der Waals surface area contributed by atoms with Crippen molar-refractivity contribution in [1.82, 2.24) is 10.3 Å². The Labute approximate surface area is 121 Å². The van der Waals surface area contributed by atoms with Gasteiger partial charge < -0.3 is 20.7 Å². The maximum Gasteiger partial charge on any atom is 0.245 e. The lowest BCUT2D eigenvalue weighted by molar-refractivity contribution is -0.124. The number of hydrogen-bond acceptors (Lipinski definition) is 5. The van der Waals surface area contributed by atoms with Crippen LogP contribution in [-0.2, 0) is 9.53 Å². The van der Waals surface area contributed by atoms with E-state index >= 15 is 0 Å². The van der Waals surface area contributed by atoms with Crippen LogP contribution in [0.1, 0.15) is 13.3 Å². The Bertz CT molecular complexity index is 527. The van der Waals surface area contributed by atoms with Crippen molar-refractivity contribution in [3.63, 3.8) is 0 Å². The largest absolute Gasteiger partial charge is 0.381 e. The van der Waals surface area contributed by atoms with Crippen LogP contribution in [0.25, 0.3) is 0 Å². The summed E-state index contributed by atoms with van der Waals surface area (Å²) >= 11 is 0. The van der Waals surface area contributed by atoms with Crippen LogP contribution in [-0.4, -0.2) is 43.2 Å². The molecule has 1 aromatic rings. The van der Waals surface area contributed by atoms with Gasteiger partial charge in [-0.1, -0.05) is 6.92 Å². The highest BCUT2D eigenvalue weighted by Crippen LogP contribution is 2.24. The van der Waals surface area contributed by atoms with Crippen LogP contribution in [0.3, 0.4) is 0 Å². The molecule has 0 spiro atoms. The van der Waals surface area contributed by atoms with E-state index in [9.17, 15) is 13.6 Å². The van der Waals surface area contributed by atoms with E-state index in [-0.39, 0.29) is 24.9 Å². The smallest absolute Gasteiger partial charge is 0.245 e. The molecule has 1 amide bonds. The molecule has 0 aromatic carbocycles. The third-order valence-corrected chi connectivity index (χ3v) is 3.19. The number of nitrogens with two attached hydrogens (primary N) is 1. The van der Waals surface area contributed by atoms with Crippen molar-refractivity contribution < 1.29 is 18.3 Å². The number of morpholine rings is 1. The summed E-state index contributed by atoms with van der Waals surface area (Å²) in [5.41, 5.74) is 5.39. The van der Waals surface area contributed by atoms with Crippen LogP contribution >= 0.6 is 0 Å². The molecule has 1 aliphatic heterocycles. The predicted molar refractivity (Wildman–Crippen MR) is 73.8 cm³/mol. The first-order valence-corrected chi connectivity index (χ1v) is 6.78. The normalized spacial score (nSPS) is 18.6. The molecule has 0 radical (unpaired) electrons. The van der Waals surface area contributed by atoms with E-state index < -0.39 is 23.5 Å². The number of hydrogen-bond donors (Lipinski definition) is 2. The van der Waals surface area contributed by atoms with Gasteiger partial charge in [0.25, 0.3) is 0 Å². The molecule has 21 heavy (non-hydrogen) atoms. The molecule has 2 heterocycles. The highest BCUT2D eigenvalue weighted by molar-refractivity contribution is 5.85. The van der Waals surface area contributed by atoms with Gasteiger partial charge in [-0.2, -0.15) is 0 Å². The number of halogens is 2. The molecule has 3 N–H and O–H groups in total. The number of aromatic nitrogens is 1. The van der Waals surface area contributed by atoms with Crippen molar-refractivity contribution in [3.8, 4) is 0 Å². The number of amides is 1. The van der Waals surface area contributed by atoms with Gasteiger partial charge in [0.15, 0.2) is 23.3 Å². The Morgan fingerprint density at radius 3 is 3.05 bits per heavy atom. The van der Waals surface area contributed by atoms with Gasteiger partial charge in [-0.3, -0.25) is 4.79 Å². The third-order valence-electron chi connectivity index (χ3n) is 3.19. The number of carbonyl (C=O) groups is 1. The number of rotatable bonds is 4. The second kappa shape index (κ2) is 6.66. The molecule has 1 fully saturated rings. The zero-order valence-corrected chi connectivity index (χ0v) is 11.7. The van der Waals surface area contributed by atoms with Gasteiger partial charge in [-0.25, -0.2) is 13.8 Å². The molecule has 1 aliphatic rings. The summed E-state index contributed by atoms with van der Waals surface area (Å²) in [5, 5.41) is 2.73. The lowest BCUT2D eigenvalue weighted by Gasteiger charge is -2.35. The first-order valence-electron chi connectivity index (χ1n) is 6.78. The van der Waals surface area contributed by atoms with E-state index in [1.54, 1.807) is 0 Å². The van der Waals surface area contributed by atoms with E-state index in [0.29, 0.717) is 19.2 Å². The summed E-state index contributed by atoms with van der Waals surface area (Å²) in [6.07, 6.45) is 0.787. The fourth-order valence-corrected chi connectivity index (χ4v) is 2.11. The quantitative estimate of drug-likeness (QED) is 0.854. The van der Waals surface area contributed by atoms with Gasteiger partial charge in [0.2, 0.25) is 5.91 Å². The summed E-state index contributed by atoms with van der Waals surface area (Å²) in [5.74, 6) is -2.58. The molecule has 1 atom stereocenters. The molecule has 1 unspecified atom stereocenters. The Morgan fingerprint density at radius 2 is 2.33 bits per heavy atom. The Kier molecular flexibility index (Phi) is 4.89. The van der Waals surface area contributed by atoms with Crippen molar-refractivity contribution in [2.45, 2.75) is 19.4 Å². The number of nitrogens with one attached hydrogen (secondary N) is 1. The second-order valence-electron chi connectivity index (χ2n) is 4.74. The fraction of sp³-hybridized carbons (Fsp3) is 0.538. The van der Waals surface area contributed by atoms with Crippen molar-refractivity contribution in [3.05, 3.63) is 17.7 Å². The summed E-state index contributed by atoms with van der Waals surface area (Å²) in [4.78, 5) is 17.3. The summed E-state index contributed by atoms with van der Waals surface area (Å²) < 4.78 is 32.4. The standard InChI is InChI=1S/C13H18F2N4O2/c1-2-3-17-13(20)10-7-21-5-4-19(10)12-9(15)6-8(14)11(16)18-12/h6,10H,2-5,7H2,1H3,(H2,16,18)(H,17,20). The molecule has 1 saturated heterocycles. The van der Waals surface area contributed by atoms with Crippen LogP contribution in [0, 0.1) is 11.6 Å². The Morgan fingerprint density at radius 1 is 1.57 bits per heavy atom. The van der Waals surface area contributed by atoms with E-state index in [4.69, 9.17) is 10.5 Å². The van der Waals surface area contributed by atoms with Gasteiger partial charge in [0, 0.05) is 19.2 Å². The minimum absolute atomic E-state index is 0.119. The van der Waals surface area contributed by atoms with Gasteiger partial charge in [-0.15, -0.1) is 0 Å². The molecule has 6 nitrogen and oxygen atoms in total. The number of carbonyl (C=O) groups excluding carboxylic acids is 1. The van der Waals surface area contributed by atoms with Gasteiger partial charge in [0.05, 0.1) is 13.2 Å². The predicted octanol–water partition coefficient (Wildman–Crippen LogP) is 0.673. The number of nitrogen functional groups attached to an aromatic ring is 1. The summed E-state index contributed by atoms with van der Waals surface area (Å²) in [7, 11) is 0. The maximum atomic E-state index is 13.9. The van der Waals surface area contributed by atoms with Crippen LogP contribution in [0.2, 0.25) is 0 Å². The average molecular weight is 300 g/mol. The maximum absolute atomic E-state index is 13.9.